The molecule has 0 saturated carbocycles. The lowest BCUT2D eigenvalue weighted by Crippen LogP contribution is -2.16. The highest BCUT2D eigenvalue weighted by Gasteiger charge is 2.21. The lowest BCUT2D eigenvalue weighted by atomic mass is 9.93. The van der Waals surface area contributed by atoms with E-state index in [1.54, 1.807) is 0 Å². The Labute approximate surface area is 113 Å². The number of aromatic nitrogens is 1. The van der Waals surface area contributed by atoms with Crippen molar-refractivity contribution < 1.29 is 8.42 Å². The Hall–Kier alpha value is -0.620. The molecule has 18 heavy (non-hydrogen) atoms. The van der Waals surface area contributed by atoms with Crippen LogP contribution in [0.4, 0.5) is 5.13 Å². The molecule has 1 aliphatic rings. The Kier molecular flexibility index (Phi) is 4.27. The van der Waals surface area contributed by atoms with Crippen LogP contribution in [0.1, 0.15) is 43.7 Å². The first-order valence-corrected chi connectivity index (χ1v) is 8.96. The van der Waals surface area contributed by atoms with Gasteiger partial charge in [0.05, 0.1) is 11.4 Å². The minimum atomic E-state index is -3.21. The first-order chi connectivity index (χ1) is 8.50. The van der Waals surface area contributed by atoms with E-state index in [1.807, 2.05) is 6.92 Å². The molecule has 4 nitrogen and oxygen atoms in total. The summed E-state index contributed by atoms with van der Waals surface area (Å²) in [7, 11) is -3.21. The minimum Gasteiger partial charge on any atom is -0.259 e. The van der Waals surface area contributed by atoms with E-state index in [1.165, 1.54) is 16.2 Å². The van der Waals surface area contributed by atoms with Crippen LogP contribution < -0.4 is 4.72 Å². The fourth-order valence-corrected chi connectivity index (χ4v) is 4.75. The molecule has 1 aromatic rings. The SMILES string of the molecule is CCCCS(=O)(=O)Nc1nc2c(s1)CC(C)CC2. The fourth-order valence-electron chi connectivity index (χ4n) is 2.10. The van der Waals surface area contributed by atoms with Crippen molar-refractivity contribution in [3.05, 3.63) is 10.6 Å². The van der Waals surface area contributed by atoms with Crippen LogP contribution in [0.2, 0.25) is 0 Å². The number of anilines is 1. The highest BCUT2D eigenvalue weighted by molar-refractivity contribution is 7.92. The molecule has 1 unspecified atom stereocenters. The van der Waals surface area contributed by atoms with Crippen molar-refractivity contribution in [2.75, 3.05) is 10.5 Å². The van der Waals surface area contributed by atoms with E-state index in [-0.39, 0.29) is 5.75 Å². The van der Waals surface area contributed by atoms with E-state index in [0.29, 0.717) is 17.5 Å². The molecule has 0 aromatic carbocycles. The second kappa shape index (κ2) is 5.57. The van der Waals surface area contributed by atoms with Crippen LogP contribution in [0.25, 0.3) is 0 Å². The van der Waals surface area contributed by atoms with Crippen molar-refractivity contribution in [3.63, 3.8) is 0 Å². The topological polar surface area (TPSA) is 59.1 Å². The third kappa shape index (κ3) is 3.45. The van der Waals surface area contributed by atoms with Crippen LogP contribution in [-0.2, 0) is 22.9 Å². The number of sulfonamides is 1. The summed E-state index contributed by atoms with van der Waals surface area (Å²) in [5, 5.41) is 0.546. The van der Waals surface area contributed by atoms with E-state index in [9.17, 15) is 8.42 Å². The number of rotatable bonds is 5. The third-order valence-corrected chi connectivity index (χ3v) is 5.69. The maximum atomic E-state index is 11.8. The molecule has 0 radical (unpaired) electrons. The van der Waals surface area contributed by atoms with Crippen LogP contribution >= 0.6 is 11.3 Å². The summed E-state index contributed by atoms with van der Waals surface area (Å²) in [6.07, 6.45) is 4.73. The quantitative estimate of drug-likeness (QED) is 0.906. The van der Waals surface area contributed by atoms with Gasteiger partial charge in [-0.2, -0.15) is 0 Å². The van der Waals surface area contributed by atoms with E-state index in [2.05, 4.69) is 16.6 Å². The Balaban J connectivity index is 2.07. The predicted molar refractivity (Wildman–Crippen MR) is 75.6 cm³/mol. The van der Waals surface area contributed by atoms with Gasteiger partial charge in [0.15, 0.2) is 5.13 Å². The lowest BCUT2D eigenvalue weighted by Gasteiger charge is -2.15. The van der Waals surface area contributed by atoms with Crippen LogP contribution in [0.15, 0.2) is 0 Å². The van der Waals surface area contributed by atoms with Gasteiger partial charge >= 0.3 is 0 Å². The monoisotopic (exact) mass is 288 g/mol. The first-order valence-electron chi connectivity index (χ1n) is 6.49. The zero-order chi connectivity index (χ0) is 13.2. The Morgan fingerprint density at radius 1 is 1.50 bits per heavy atom. The molecule has 1 aliphatic carbocycles. The number of thiazole rings is 1. The molecule has 1 atom stereocenters. The van der Waals surface area contributed by atoms with Gasteiger partial charge in [-0.1, -0.05) is 20.3 Å². The number of aryl methyl sites for hydroxylation is 1. The van der Waals surface area contributed by atoms with Gasteiger partial charge in [0, 0.05) is 4.88 Å². The van der Waals surface area contributed by atoms with E-state index < -0.39 is 10.0 Å². The summed E-state index contributed by atoms with van der Waals surface area (Å²) >= 11 is 1.50. The second-order valence-corrected chi connectivity index (χ2v) is 7.94. The van der Waals surface area contributed by atoms with Crippen molar-refractivity contribution in [1.82, 2.24) is 4.98 Å². The van der Waals surface area contributed by atoms with Gasteiger partial charge in [0.2, 0.25) is 10.0 Å². The molecular formula is C12H20N2O2S2. The van der Waals surface area contributed by atoms with Gasteiger partial charge in [0.1, 0.15) is 0 Å². The standard InChI is InChI=1S/C12H20N2O2S2/c1-3-4-7-18(15,16)14-12-13-10-6-5-9(2)8-11(10)17-12/h9H,3-8H2,1-2H3,(H,13,14). The number of hydrogen-bond acceptors (Lipinski definition) is 4. The van der Waals surface area contributed by atoms with Gasteiger partial charge in [-0.15, -0.1) is 11.3 Å². The normalized spacial score (nSPS) is 19.6. The molecule has 2 rings (SSSR count). The molecule has 0 amide bonds. The maximum Gasteiger partial charge on any atom is 0.234 e. The molecule has 1 heterocycles. The number of nitrogens with one attached hydrogen (secondary N) is 1. The zero-order valence-electron chi connectivity index (χ0n) is 10.9. The van der Waals surface area contributed by atoms with Crippen molar-refractivity contribution in [1.29, 1.82) is 0 Å². The lowest BCUT2D eigenvalue weighted by molar-refractivity contribution is 0.502. The maximum absolute atomic E-state index is 11.8. The summed E-state index contributed by atoms with van der Waals surface area (Å²) in [4.78, 5) is 5.66. The molecule has 0 spiro atoms. The third-order valence-electron chi connectivity index (χ3n) is 3.20. The smallest absolute Gasteiger partial charge is 0.234 e. The molecular weight excluding hydrogens is 268 g/mol. The van der Waals surface area contributed by atoms with E-state index >= 15 is 0 Å². The molecule has 0 aliphatic heterocycles. The van der Waals surface area contributed by atoms with Crippen LogP contribution in [0, 0.1) is 5.92 Å². The van der Waals surface area contributed by atoms with Crippen molar-refractivity contribution >= 4 is 26.5 Å². The van der Waals surface area contributed by atoms with Crippen molar-refractivity contribution in [2.45, 2.75) is 46.0 Å². The summed E-state index contributed by atoms with van der Waals surface area (Å²) in [5.74, 6) is 0.868. The average Bonchev–Trinajstić information content (AvgIpc) is 2.66. The molecule has 0 saturated heterocycles. The van der Waals surface area contributed by atoms with Gasteiger partial charge < -0.3 is 0 Å². The van der Waals surface area contributed by atoms with E-state index in [4.69, 9.17) is 0 Å². The molecule has 1 aromatic heterocycles. The van der Waals surface area contributed by atoms with Crippen LogP contribution in [-0.4, -0.2) is 19.2 Å². The Bertz CT molecular complexity index is 508. The second-order valence-electron chi connectivity index (χ2n) is 5.01. The number of hydrogen-bond donors (Lipinski definition) is 1. The largest absolute Gasteiger partial charge is 0.259 e. The average molecular weight is 288 g/mol. The Morgan fingerprint density at radius 3 is 3.00 bits per heavy atom. The molecule has 1 N–H and O–H groups in total. The fraction of sp³-hybridized carbons (Fsp3) is 0.750. The van der Waals surface area contributed by atoms with Gasteiger partial charge in [-0.05, 0) is 31.6 Å². The number of nitrogens with zero attached hydrogens (tertiary/aromatic N) is 1. The van der Waals surface area contributed by atoms with Gasteiger partial charge in [-0.3, -0.25) is 4.72 Å². The molecule has 0 bridgehead atoms. The highest BCUT2D eigenvalue weighted by atomic mass is 32.2. The van der Waals surface area contributed by atoms with Crippen molar-refractivity contribution in [2.24, 2.45) is 5.92 Å². The summed E-state index contributed by atoms with van der Waals surface area (Å²) in [5.41, 5.74) is 1.09. The van der Waals surface area contributed by atoms with Gasteiger partial charge in [0.25, 0.3) is 0 Å². The Morgan fingerprint density at radius 2 is 2.28 bits per heavy atom. The van der Waals surface area contributed by atoms with Crippen LogP contribution in [0.5, 0.6) is 0 Å². The van der Waals surface area contributed by atoms with E-state index in [0.717, 1.165) is 31.4 Å². The van der Waals surface area contributed by atoms with Crippen LogP contribution in [0.3, 0.4) is 0 Å². The van der Waals surface area contributed by atoms with Gasteiger partial charge in [-0.25, -0.2) is 13.4 Å². The van der Waals surface area contributed by atoms with Crippen molar-refractivity contribution in [3.8, 4) is 0 Å². The summed E-state index contributed by atoms with van der Waals surface area (Å²) < 4.78 is 26.2. The predicted octanol–water partition coefficient (Wildman–Crippen LogP) is 2.81. The highest BCUT2D eigenvalue weighted by Crippen LogP contribution is 2.32. The molecule has 6 heteroatoms. The number of unbranched alkanes of at least 4 members (excludes halogenated alkanes) is 1. The zero-order valence-corrected chi connectivity index (χ0v) is 12.5. The minimum absolute atomic E-state index is 0.185. The molecule has 0 fully saturated rings. The first kappa shape index (κ1) is 13.8. The number of fused-ring (bicyclic) bond motifs is 1. The summed E-state index contributed by atoms with van der Waals surface area (Å²) in [6, 6.07) is 0. The molecule has 102 valence electrons. The summed E-state index contributed by atoms with van der Waals surface area (Å²) in [6.45, 7) is 4.22.